The first-order chi connectivity index (χ1) is 6.99. The molecule has 0 saturated carbocycles. The highest BCUT2D eigenvalue weighted by molar-refractivity contribution is 7.90. The summed E-state index contributed by atoms with van der Waals surface area (Å²) >= 11 is 0. The monoisotopic (exact) mass is 231 g/mol. The summed E-state index contributed by atoms with van der Waals surface area (Å²) < 4.78 is 23.5. The van der Waals surface area contributed by atoms with Gasteiger partial charge in [-0.3, -0.25) is 4.68 Å². The Kier molecular flexibility index (Phi) is 4.28. The predicted octanol–water partition coefficient (Wildman–Crippen LogP) is -0.174. The Labute approximate surface area is 90.4 Å². The number of aryl methyl sites for hydroxylation is 1. The number of nitrogens with zero attached hydrogens (tertiary/aromatic N) is 2. The minimum absolute atomic E-state index is 0.186. The maximum absolute atomic E-state index is 10.8. The molecule has 0 unspecified atom stereocenters. The Bertz CT molecular complexity index is 397. The van der Waals surface area contributed by atoms with Crippen LogP contribution in [0.5, 0.6) is 0 Å². The van der Waals surface area contributed by atoms with Gasteiger partial charge in [0.05, 0.1) is 12.3 Å². The molecule has 1 rings (SSSR count). The Hall–Kier alpha value is -0.880. The third-order valence-electron chi connectivity index (χ3n) is 2.08. The van der Waals surface area contributed by atoms with E-state index in [2.05, 4.69) is 10.4 Å². The first-order valence-corrected chi connectivity index (χ1v) is 6.92. The normalized spacial score (nSPS) is 11.9. The van der Waals surface area contributed by atoms with E-state index in [1.807, 2.05) is 17.7 Å². The summed E-state index contributed by atoms with van der Waals surface area (Å²) in [5, 5.41) is 7.19. The van der Waals surface area contributed by atoms with Crippen molar-refractivity contribution in [2.75, 3.05) is 25.1 Å². The zero-order valence-electron chi connectivity index (χ0n) is 9.10. The number of sulfone groups is 1. The molecule has 86 valence electrons. The number of nitrogens with one attached hydrogen (secondary N) is 1. The highest BCUT2D eigenvalue weighted by Gasteiger charge is 2.00. The molecule has 0 aliphatic carbocycles. The van der Waals surface area contributed by atoms with Crippen LogP contribution in [0, 0.1) is 6.92 Å². The average molecular weight is 231 g/mol. The van der Waals surface area contributed by atoms with E-state index in [1.165, 1.54) is 6.26 Å². The minimum Gasteiger partial charge on any atom is -0.314 e. The fourth-order valence-corrected chi connectivity index (χ4v) is 1.72. The number of rotatable bonds is 6. The molecule has 0 radical (unpaired) electrons. The summed E-state index contributed by atoms with van der Waals surface area (Å²) in [6.07, 6.45) is 3.00. The van der Waals surface area contributed by atoms with Gasteiger partial charge in [-0.25, -0.2) is 8.42 Å². The molecule has 0 amide bonds. The van der Waals surface area contributed by atoms with Crippen molar-refractivity contribution in [2.45, 2.75) is 13.5 Å². The zero-order valence-corrected chi connectivity index (χ0v) is 9.92. The van der Waals surface area contributed by atoms with Gasteiger partial charge in [-0.05, 0) is 13.0 Å². The molecule has 6 heteroatoms. The number of hydrogen-bond donors (Lipinski definition) is 1. The van der Waals surface area contributed by atoms with E-state index in [4.69, 9.17) is 0 Å². The fraction of sp³-hybridized carbons (Fsp3) is 0.667. The quantitative estimate of drug-likeness (QED) is 0.690. The van der Waals surface area contributed by atoms with Crippen LogP contribution in [0.4, 0.5) is 0 Å². The third-order valence-corrected chi connectivity index (χ3v) is 3.02. The van der Waals surface area contributed by atoms with Gasteiger partial charge < -0.3 is 5.32 Å². The van der Waals surface area contributed by atoms with E-state index in [9.17, 15) is 8.42 Å². The second kappa shape index (κ2) is 5.27. The fourth-order valence-electron chi connectivity index (χ4n) is 1.20. The predicted molar refractivity (Wildman–Crippen MR) is 59.5 cm³/mol. The molecule has 0 atom stereocenters. The van der Waals surface area contributed by atoms with E-state index >= 15 is 0 Å². The van der Waals surface area contributed by atoms with Gasteiger partial charge in [0.25, 0.3) is 0 Å². The molecular weight excluding hydrogens is 214 g/mol. The van der Waals surface area contributed by atoms with Crippen molar-refractivity contribution in [3.05, 3.63) is 18.0 Å². The molecule has 0 spiro atoms. The van der Waals surface area contributed by atoms with Gasteiger partial charge >= 0.3 is 0 Å². The summed E-state index contributed by atoms with van der Waals surface area (Å²) in [5.41, 5.74) is 1.11. The maximum Gasteiger partial charge on any atom is 0.148 e. The van der Waals surface area contributed by atoms with Gasteiger partial charge in [0.15, 0.2) is 0 Å². The minimum atomic E-state index is -2.85. The van der Waals surface area contributed by atoms with Crippen LogP contribution in [0.25, 0.3) is 0 Å². The van der Waals surface area contributed by atoms with Crippen LogP contribution < -0.4 is 5.32 Å². The molecule has 0 bridgehead atoms. The lowest BCUT2D eigenvalue weighted by atomic mass is 10.5. The Morgan fingerprint density at radius 3 is 2.73 bits per heavy atom. The van der Waals surface area contributed by atoms with Crippen molar-refractivity contribution in [2.24, 2.45) is 0 Å². The van der Waals surface area contributed by atoms with Crippen LogP contribution in [0.1, 0.15) is 5.69 Å². The zero-order chi connectivity index (χ0) is 11.3. The van der Waals surface area contributed by atoms with Crippen LogP contribution in [-0.4, -0.2) is 43.3 Å². The standard InChI is InChI=1S/C9H17N3O2S/c1-9-3-4-11-12(9)7-5-10-6-8-15(2,13)14/h3-4,10H,5-8H2,1-2H3. The molecule has 1 heterocycles. The van der Waals surface area contributed by atoms with Gasteiger partial charge in [0.1, 0.15) is 9.84 Å². The van der Waals surface area contributed by atoms with Crippen LogP contribution in [0.2, 0.25) is 0 Å². The van der Waals surface area contributed by atoms with Crippen molar-refractivity contribution >= 4 is 9.84 Å². The van der Waals surface area contributed by atoms with E-state index in [-0.39, 0.29) is 5.75 Å². The smallest absolute Gasteiger partial charge is 0.148 e. The number of aromatic nitrogens is 2. The summed E-state index contributed by atoms with van der Waals surface area (Å²) in [5.74, 6) is 0.186. The summed E-state index contributed by atoms with van der Waals surface area (Å²) in [7, 11) is -2.85. The van der Waals surface area contributed by atoms with Crippen molar-refractivity contribution in [1.82, 2.24) is 15.1 Å². The van der Waals surface area contributed by atoms with E-state index in [1.54, 1.807) is 6.20 Å². The molecule has 15 heavy (non-hydrogen) atoms. The molecule has 1 aromatic heterocycles. The molecular formula is C9H17N3O2S. The molecule has 0 fully saturated rings. The van der Waals surface area contributed by atoms with Crippen molar-refractivity contribution in [3.63, 3.8) is 0 Å². The van der Waals surface area contributed by atoms with Crippen molar-refractivity contribution in [1.29, 1.82) is 0 Å². The van der Waals surface area contributed by atoms with Gasteiger partial charge in [0.2, 0.25) is 0 Å². The molecule has 0 aliphatic rings. The third kappa shape index (κ3) is 4.94. The van der Waals surface area contributed by atoms with E-state index < -0.39 is 9.84 Å². The van der Waals surface area contributed by atoms with Gasteiger partial charge in [0, 0.05) is 31.2 Å². The first kappa shape index (κ1) is 12.2. The SMILES string of the molecule is Cc1ccnn1CCNCCS(C)(=O)=O. The highest BCUT2D eigenvalue weighted by atomic mass is 32.2. The summed E-state index contributed by atoms with van der Waals surface area (Å²) in [4.78, 5) is 0. The van der Waals surface area contributed by atoms with Gasteiger partial charge in [-0.15, -0.1) is 0 Å². The van der Waals surface area contributed by atoms with Crippen LogP contribution in [0.15, 0.2) is 12.3 Å². The Morgan fingerprint density at radius 1 is 1.47 bits per heavy atom. The average Bonchev–Trinajstić information content (AvgIpc) is 2.49. The Morgan fingerprint density at radius 2 is 2.20 bits per heavy atom. The largest absolute Gasteiger partial charge is 0.314 e. The maximum atomic E-state index is 10.8. The topological polar surface area (TPSA) is 64.0 Å². The van der Waals surface area contributed by atoms with Gasteiger partial charge in [-0.1, -0.05) is 0 Å². The van der Waals surface area contributed by atoms with Crippen LogP contribution in [-0.2, 0) is 16.4 Å². The Balaban J connectivity index is 2.15. The van der Waals surface area contributed by atoms with Gasteiger partial charge in [-0.2, -0.15) is 5.10 Å². The highest BCUT2D eigenvalue weighted by Crippen LogP contribution is 1.93. The van der Waals surface area contributed by atoms with Crippen molar-refractivity contribution < 1.29 is 8.42 Å². The molecule has 1 N–H and O–H groups in total. The molecule has 5 nitrogen and oxygen atoms in total. The molecule has 1 aromatic rings. The molecule has 0 aromatic carbocycles. The van der Waals surface area contributed by atoms with E-state index in [0.717, 1.165) is 18.8 Å². The summed E-state index contributed by atoms with van der Waals surface area (Å²) in [6, 6.07) is 1.94. The van der Waals surface area contributed by atoms with Crippen LogP contribution in [0.3, 0.4) is 0 Å². The van der Waals surface area contributed by atoms with Crippen molar-refractivity contribution in [3.8, 4) is 0 Å². The second-order valence-corrected chi connectivity index (χ2v) is 5.84. The molecule has 0 aliphatic heterocycles. The lowest BCUT2D eigenvalue weighted by molar-refractivity contribution is 0.550. The second-order valence-electron chi connectivity index (χ2n) is 3.58. The lowest BCUT2D eigenvalue weighted by Crippen LogP contribution is -2.26. The number of hydrogen-bond acceptors (Lipinski definition) is 4. The molecule has 0 saturated heterocycles. The lowest BCUT2D eigenvalue weighted by Gasteiger charge is -2.05. The van der Waals surface area contributed by atoms with E-state index in [0.29, 0.717) is 6.54 Å². The summed E-state index contributed by atoms with van der Waals surface area (Å²) in [6.45, 7) is 3.99. The first-order valence-electron chi connectivity index (χ1n) is 4.86. The van der Waals surface area contributed by atoms with Crippen LogP contribution >= 0.6 is 0 Å².